The van der Waals surface area contributed by atoms with E-state index in [1.807, 2.05) is 13.0 Å². The minimum Gasteiger partial charge on any atom is -0.491 e. The number of hydrogen-bond donors (Lipinski definition) is 1. The van der Waals surface area contributed by atoms with Crippen LogP contribution in [0, 0.1) is 11.7 Å². The Kier molecular flexibility index (Phi) is 4.00. The molecule has 0 saturated heterocycles. The topological polar surface area (TPSA) is 35.2 Å². The molecule has 1 unspecified atom stereocenters. The van der Waals surface area contributed by atoms with Gasteiger partial charge in [-0.15, -0.1) is 0 Å². The Morgan fingerprint density at radius 2 is 2.24 bits per heavy atom. The Balaban J connectivity index is 1.88. The number of halogens is 1. The van der Waals surface area contributed by atoms with Crippen LogP contribution in [0.1, 0.15) is 31.7 Å². The molecule has 1 fully saturated rings. The third-order valence-corrected chi connectivity index (χ3v) is 3.03. The van der Waals surface area contributed by atoms with Crippen LogP contribution < -0.4 is 10.5 Å². The molecular formula is C14H20FNO. The molecule has 17 heavy (non-hydrogen) atoms. The van der Waals surface area contributed by atoms with Gasteiger partial charge in [0.2, 0.25) is 0 Å². The van der Waals surface area contributed by atoms with Crippen LogP contribution in [-0.2, 0) is 6.42 Å². The molecule has 1 aliphatic carbocycles. The quantitative estimate of drug-likeness (QED) is 0.825. The second-order valence-electron chi connectivity index (χ2n) is 5.03. The predicted molar refractivity (Wildman–Crippen MR) is 66.6 cm³/mol. The first-order valence-corrected chi connectivity index (χ1v) is 6.32. The van der Waals surface area contributed by atoms with Gasteiger partial charge >= 0.3 is 0 Å². The zero-order valence-electron chi connectivity index (χ0n) is 10.3. The van der Waals surface area contributed by atoms with Crippen molar-refractivity contribution in [2.75, 3.05) is 6.61 Å². The molecule has 2 N–H and O–H groups in total. The summed E-state index contributed by atoms with van der Waals surface area (Å²) in [5, 5.41) is 0. The van der Waals surface area contributed by atoms with Crippen LogP contribution in [-0.4, -0.2) is 12.6 Å². The Hall–Kier alpha value is -1.09. The van der Waals surface area contributed by atoms with Gasteiger partial charge < -0.3 is 10.5 Å². The van der Waals surface area contributed by atoms with Gasteiger partial charge in [-0.25, -0.2) is 4.39 Å². The molecule has 94 valence electrons. The highest BCUT2D eigenvalue weighted by atomic mass is 19.1. The van der Waals surface area contributed by atoms with Gasteiger partial charge in [0, 0.05) is 6.04 Å². The Morgan fingerprint density at radius 3 is 2.82 bits per heavy atom. The lowest BCUT2D eigenvalue weighted by molar-refractivity contribution is 0.288. The van der Waals surface area contributed by atoms with Crippen LogP contribution in [0.5, 0.6) is 5.75 Å². The monoisotopic (exact) mass is 237 g/mol. The van der Waals surface area contributed by atoms with Gasteiger partial charge in [0.25, 0.3) is 0 Å². The van der Waals surface area contributed by atoms with E-state index in [-0.39, 0.29) is 11.9 Å². The Bertz CT molecular complexity index is 374. The number of ether oxygens (including phenoxy) is 1. The number of nitrogens with two attached hydrogens (primary N) is 1. The van der Waals surface area contributed by atoms with Crippen LogP contribution >= 0.6 is 0 Å². The molecule has 2 rings (SSSR count). The molecule has 1 aromatic rings. The normalized spacial score (nSPS) is 16.9. The summed E-state index contributed by atoms with van der Waals surface area (Å²) in [5.74, 6) is 0.897. The second-order valence-corrected chi connectivity index (χ2v) is 5.03. The maximum absolute atomic E-state index is 13.7. The predicted octanol–water partition coefficient (Wildman–Crippen LogP) is 2.89. The van der Waals surface area contributed by atoms with E-state index in [2.05, 4.69) is 0 Å². The maximum Gasteiger partial charge on any atom is 0.165 e. The van der Waals surface area contributed by atoms with Gasteiger partial charge in [-0.3, -0.25) is 0 Å². The van der Waals surface area contributed by atoms with E-state index in [9.17, 15) is 4.39 Å². The molecule has 3 heteroatoms. The summed E-state index contributed by atoms with van der Waals surface area (Å²) in [6, 6.07) is 5.17. The molecule has 1 aliphatic rings. The van der Waals surface area contributed by atoms with Crippen molar-refractivity contribution < 1.29 is 9.13 Å². The molecular weight excluding hydrogens is 217 g/mol. The molecule has 0 aromatic heterocycles. The van der Waals surface area contributed by atoms with E-state index in [1.54, 1.807) is 6.07 Å². The highest BCUT2D eigenvalue weighted by molar-refractivity contribution is 5.29. The first kappa shape index (κ1) is 12.4. The molecule has 0 bridgehead atoms. The Labute approximate surface area is 102 Å². The molecule has 1 aromatic carbocycles. The van der Waals surface area contributed by atoms with Crippen LogP contribution in [0.4, 0.5) is 4.39 Å². The van der Waals surface area contributed by atoms with Crippen LogP contribution in [0.25, 0.3) is 0 Å². The van der Waals surface area contributed by atoms with Gasteiger partial charge in [0.1, 0.15) is 0 Å². The van der Waals surface area contributed by atoms with Crippen molar-refractivity contribution in [3.05, 3.63) is 29.6 Å². The van der Waals surface area contributed by atoms with Crippen molar-refractivity contribution >= 4 is 0 Å². The fraction of sp³-hybridized carbons (Fsp3) is 0.571. The third kappa shape index (κ3) is 4.00. The van der Waals surface area contributed by atoms with Gasteiger partial charge in [-0.05, 0) is 43.4 Å². The summed E-state index contributed by atoms with van der Waals surface area (Å²) in [5.41, 5.74) is 6.60. The van der Waals surface area contributed by atoms with Gasteiger partial charge in [0.15, 0.2) is 11.6 Å². The number of hydrogen-bond acceptors (Lipinski definition) is 2. The Morgan fingerprint density at radius 1 is 1.47 bits per heavy atom. The SMILES string of the molecule is CC(N)Cc1ccc(OCCC2CC2)c(F)c1. The third-order valence-electron chi connectivity index (χ3n) is 3.03. The van der Waals surface area contributed by atoms with Crippen LogP contribution in [0.2, 0.25) is 0 Å². The summed E-state index contributed by atoms with van der Waals surface area (Å²) in [4.78, 5) is 0. The lowest BCUT2D eigenvalue weighted by Gasteiger charge is -2.09. The first-order chi connectivity index (χ1) is 8.15. The molecule has 2 nitrogen and oxygen atoms in total. The van der Waals surface area contributed by atoms with Crippen molar-refractivity contribution in [1.82, 2.24) is 0 Å². The largest absolute Gasteiger partial charge is 0.491 e. The fourth-order valence-corrected chi connectivity index (χ4v) is 1.90. The van der Waals surface area contributed by atoms with Crippen LogP contribution in [0.3, 0.4) is 0 Å². The average Bonchev–Trinajstić information content (AvgIpc) is 3.04. The summed E-state index contributed by atoms with van der Waals surface area (Å²) >= 11 is 0. The van der Waals surface area contributed by atoms with Crippen LogP contribution in [0.15, 0.2) is 18.2 Å². The lowest BCUT2D eigenvalue weighted by atomic mass is 10.1. The van der Waals surface area contributed by atoms with Crippen molar-refractivity contribution in [3.8, 4) is 5.75 Å². The first-order valence-electron chi connectivity index (χ1n) is 6.32. The standard InChI is InChI=1S/C14H20FNO/c1-10(16)8-12-4-5-14(13(15)9-12)17-7-6-11-2-3-11/h4-5,9-11H,2-3,6-8,16H2,1H3. The summed E-state index contributed by atoms with van der Waals surface area (Å²) in [6.07, 6.45) is 4.35. The highest BCUT2D eigenvalue weighted by Crippen LogP contribution is 2.32. The zero-order valence-corrected chi connectivity index (χ0v) is 10.3. The average molecular weight is 237 g/mol. The van der Waals surface area contributed by atoms with E-state index in [4.69, 9.17) is 10.5 Å². The zero-order chi connectivity index (χ0) is 12.3. The van der Waals surface area contributed by atoms with Gasteiger partial charge in [0.05, 0.1) is 6.61 Å². The fourth-order valence-electron chi connectivity index (χ4n) is 1.90. The summed E-state index contributed by atoms with van der Waals surface area (Å²) < 4.78 is 19.1. The molecule has 0 heterocycles. The summed E-state index contributed by atoms with van der Waals surface area (Å²) in [6.45, 7) is 2.53. The minimum atomic E-state index is -0.279. The lowest BCUT2D eigenvalue weighted by Crippen LogP contribution is -2.17. The van der Waals surface area contributed by atoms with E-state index < -0.39 is 0 Å². The number of rotatable bonds is 6. The van der Waals surface area contributed by atoms with E-state index >= 15 is 0 Å². The number of benzene rings is 1. The van der Waals surface area contributed by atoms with Crippen molar-refractivity contribution in [2.24, 2.45) is 11.7 Å². The molecule has 0 aliphatic heterocycles. The van der Waals surface area contributed by atoms with Gasteiger partial charge in [-0.1, -0.05) is 18.9 Å². The smallest absolute Gasteiger partial charge is 0.165 e. The maximum atomic E-state index is 13.7. The van der Waals surface area contributed by atoms with E-state index in [0.717, 1.165) is 17.9 Å². The van der Waals surface area contributed by atoms with E-state index in [1.165, 1.54) is 18.9 Å². The van der Waals surface area contributed by atoms with Crippen molar-refractivity contribution in [3.63, 3.8) is 0 Å². The molecule has 0 spiro atoms. The van der Waals surface area contributed by atoms with Crippen molar-refractivity contribution in [1.29, 1.82) is 0 Å². The molecule has 1 atom stereocenters. The molecule has 1 saturated carbocycles. The minimum absolute atomic E-state index is 0.0519. The van der Waals surface area contributed by atoms with E-state index in [0.29, 0.717) is 18.8 Å². The second kappa shape index (κ2) is 5.50. The van der Waals surface area contributed by atoms with Gasteiger partial charge in [-0.2, -0.15) is 0 Å². The molecule has 0 amide bonds. The summed E-state index contributed by atoms with van der Waals surface area (Å²) in [7, 11) is 0. The molecule has 0 radical (unpaired) electrons. The highest BCUT2D eigenvalue weighted by Gasteiger charge is 2.20. The van der Waals surface area contributed by atoms with Crippen molar-refractivity contribution in [2.45, 2.75) is 38.6 Å².